The molecule has 17 heteroatoms. The average molecular weight is 708 g/mol. The van der Waals surface area contributed by atoms with E-state index in [2.05, 4.69) is 20.3 Å². The molecule has 4 fully saturated rings. The average Bonchev–Trinajstić information content (AvgIpc) is 3.74. The largest absolute Gasteiger partial charge is 0.507 e. The van der Waals surface area contributed by atoms with E-state index in [4.69, 9.17) is 13.6 Å². The minimum atomic E-state index is -4.32. The van der Waals surface area contributed by atoms with Crippen LogP contribution >= 0.6 is 0 Å². The number of benzene rings is 1. The lowest BCUT2D eigenvalue weighted by Crippen LogP contribution is -2.78. The number of anilines is 1. The SMILES string of the molecule is CCc1c(N2CCN(C(=O)c3c(O)ccc4ncoc34)CC2)c(=O)c2oc(-c3ccnc(OC)c3)nc2n1CC(=O)NC12CC(C(F)(F)F)(C1)C2. The van der Waals surface area contributed by atoms with Gasteiger partial charge in [-0.1, -0.05) is 6.92 Å². The second-order valence-corrected chi connectivity index (χ2v) is 13.4. The van der Waals surface area contributed by atoms with Crippen LogP contribution in [0.25, 0.3) is 33.8 Å². The van der Waals surface area contributed by atoms with Crippen molar-refractivity contribution in [2.75, 3.05) is 38.2 Å². The molecule has 5 heterocycles. The van der Waals surface area contributed by atoms with E-state index in [0.29, 0.717) is 23.2 Å². The van der Waals surface area contributed by atoms with Gasteiger partial charge in [-0.2, -0.15) is 18.2 Å². The molecule has 2 N–H and O–H groups in total. The van der Waals surface area contributed by atoms with Crippen LogP contribution < -0.4 is 20.4 Å². The van der Waals surface area contributed by atoms with E-state index in [1.807, 2.05) is 11.8 Å². The number of halogens is 3. The molecule has 0 atom stereocenters. The fourth-order valence-corrected chi connectivity index (χ4v) is 7.89. The van der Waals surface area contributed by atoms with Gasteiger partial charge in [-0.3, -0.25) is 14.4 Å². The zero-order chi connectivity index (χ0) is 35.9. The van der Waals surface area contributed by atoms with Gasteiger partial charge in [0.15, 0.2) is 17.6 Å². The lowest BCUT2D eigenvalue weighted by molar-refractivity contribution is -0.337. The second kappa shape index (κ2) is 11.5. The van der Waals surface area contributed by atoms with Gasteiger partial charge in [-0.05, 0) is 43.9 Å². The zero-order valence-corrected chi connectivity index (χ0v) is 27.5. The van der Waals surface area contributed by atoms with Crippen molar-refractivity contribution in [2.45, 2.75) is 50.9 Å². The number of methoxy groups -OCH3 is 1. The van der Waals surface area contributed by atoms with Gasteiger partial charge in [0.25, 0.3) is 5.91 Å². The lowest BCUT2D eigenvalue weighted by atomic mass is 9.39. The number of ether oxygens (including phenoxy) is 1. The fraction of sp³-hybridized carbons (Fsp3) is 0.412. The van der Waals surface area contributed by atoms with Crippen molar-refractivity contribution < 1.29 is 41.4 Å². The molecule has 0 radical (unpaired) electrons. The first-order chi connectivity index (χ1) is 24.4. The molecule has 0 unspecified atom stereocenters. The minimum absolute atomic E-state index is 0.00529. The number of nitrogens with one attached hydrogen (secondary N) is 1. The molecule has 4 aromatic heterocycles. The summed E-state index contributed by atoms with van der Waals surface area (Å²) in [7, 11) is 1.45. The Balaban J connectivity index is 1.13. The topological polar surface area (TPSA) is 169 Å². The molecule has 2 amide bonds. The number of alkyl halides is 3. The summed E-state index contributed by atoms with van der Waals surface area (Å²) in [5, 5.41) is 13.3. The Bertz CT molecular complexity index is 2270. The van der Waals surface area contributed by atoms with Crippen LogP contribution in [0.4, 0.5) is 18.9 Å². The van der Waals surface area contributed by atoms with E-state index in [1.165, 1.54) is 25.8 Å². The highest BCUT2D eigenvalue weighted by atomic mass is 19.4. The van der Waals surface area contributed by atoms with Crippen LogP contribution in [0.15, 0.2) is 50.5 Å². The van der Waals surface area contributed by atoms with E-state index in [0.717, 1.165) is 0 Å². The maximum absolute atomic E-state index is 14.3. The lowest BCUT2D eigenvalue weighted by Gasteiger charge is -2.70. The van der Waals surface area contributed by atoms with Gasteiger partial charge in [-0.25, -0.2) is 9.97 Å². The van der Waals surface area contributed by atoms with E-state index < -0.39 is 34.4 Å². The Kier molecular flexibility index (Phi) is 7.32. The van der Waals surface area contributed by atoms with Crippen LogP contribution in [-0.2, 0) is 17.8 Å². The predicted molar refractivity (Wildman–Crippen MR) is 174 cm³/mol. The molecular weight excluding hydrogens is 675 g/mol. The third-order valence-corrected chi connectivity index (χ3v) is 10.3. The number of amides is 2. The van der Waals surface area contributed by atoms with Crippen molar-refractivity contribution >= 4 is 39.8 Å². The maximum atomic E-state index is 14.3. The van der Waals surface area contributed by atoms with Crippen LogP contribution in [0.5, 0.6) is 11.6 Å². The summed E-state index contributed by atoms with van der Waals surface area (Å²) >= 11 is 0. The van der Waals surface area contributed by atoms with Gasteiger partial charge in [0, 0.05) is 55.2 Å². The number of carbonyl (C=O) groups excluding carboxylic acids is 2. The molecule has 266 valence electrons. The monoisotopic (exact) mass is 707 g/mol. The highest BCUT2D eigenvalue weighted by Crippen LogP contribution is 2.73. The second-order valence-electron chi connectivity index (χ2n) is 13.4. The first kappa shape index (κ1) is 32.6. The number of aromatic hydroxyl groups is 1. The molecule has 14 nitrogen and oxygen atoms in total. The molecule has 4 aliphatic rings. The van der Waals surface area contributed by atoms with Gasteiger partial charge in [0.05, 0.1) is 12.5 Å². The van der Waals surface area contributed by atoms with Gasteiger partial charge in [-0.15, -0.1) is 0 Å². The first-order valence-corrected chi connectivity index (χ1v) is 16.4. The zero-order valence-electron chi connectivity index (χ0n) is 27.5. The molecule has 3 saturated carbocycles. The molecule has 1 saturated heterocycles. The molecule has 5 aromatic rings. The molecule has 9 rings (SSSR count). The predicted octanol–water partition coefficient (Wildman–Crippen LogP) is 4.03. The first-order valence-electron chi connectivity index (χ1n) is 16.4. The Morgan fingerprint density at radius 3 is 2.51 bits per heavy atom. The minimum Gasteiger partial charge on any atom is -0.507 e. The van der Waals surface area contributed by atoms with Crippen LogP contribution in [-0.4, -0.2) is 86.3 Å². The maximum Gasteiger partial charge on any atom is 0.394 e. The number of hydrogen-bond donors (Lipinski definition) is 2. The van der Waals surface area contributed by atoms with Gasteiger partial charge in [0.2, 0.25) is 28.7 Å². The van der Waals surface area contributed by atoms with Crippen molar-refractivity contribution in [3.05, 3.63) is 58.3 Å². The number of phenols is 1. The fourth-order valence-electron chi connectivity index (χ4n) is 7.89. The van der Waals surface area contributed by atoms with Gasteiger partial charge in [0.1, 0.15) is 29.1 Å². The highest BCUT2D eigenvalue weighted by Gasteiger charge is 2.79. The standard InChI is InChI=1S/C34H32F3N7O7/c1-3-20-25(42-8-10-43(11-9-42)31(48)24-21(45)5-4-19-27(24)50-17-39-19)26(47)28-29(40-30(51-28)18-6-7-38-23(12-18)49-2)44(20)13-22(46)41-33-14-32(15-33,16-33)34(35,36)37/h4-7,12,17,45H,3,8-11,13-16H2,1-2H3,(H,41,46). The number of carbonyl (C=O) groups is 2. The molecular formula is C34H32F3N7O7. The summed E-state index contributed by atoms with van der Waals surface area (Å²) < 4.78 is 58.8. The molecule has 2 bridgehead atoms. The third-order valence-electron chi connectivity index (χ3n) is 10.3. The Labute approximate surface area is 286 Å². The number of phenolic OH excluding ortho intramolecular Hbond substituents is 1. The van der Waals surface area contributed by atoms with Gasteiger partial charge < -0.3 is 38.4 Å². The Morgan fingerprint density at radius 2 is 1.82 bits per heavy atom. The number of hydrogen-bond acceptors (Lipinski definition) is 11. The molecule has 51 heavy (non-hydrogen) atoms. The van der Waals surface area contributed by atoms with E-state index in [9.17, 15) is 32.7 Å². The third kappa shape index (κ3) is 5.07. The number of rotatable bonds is 8. The number of fused-ring (bicyclic) bond motifs is 2. The molecule has 0 spiro atoms. The van der Waals surface area contributed by atoms with Crippen molar-refractivity contribution in [1.82, 2.24) is 29.7 Å². The van der Waals surface area contributed by atoms with E-state index in [1.54, 1.807) is 27.7 Å². The quantitative estimate of drug-likeness (QED) is 0.239. The van der Waals surface area contributed by atoms with Crippen molar-refractivity contribution in [3.63, 3.8) is 0 Å². The summed E-state index contributed by atoms with van der Waals surface area (Å²) in [5.74, 6) is -0.840. The van der Waals surface area contributed by atoms with Crippen molar-refractivity contribution in [3.8, 4) is 23.1 Å². The van der Waals surface area contributed by atoms with Crippen LogP contribution in [0, 0.1) is 5.41 Å². The molecule has 1 aromatic carbocycles. The number of oxazole rings is 2. The number of piperazine rings is 1. The normalized spacial score (nSPS) is 21.4. The van der Waals surface area contributed by atoms with Crippen LogP contribution in [0.2, 0.25) is 0 Å². The van der Waals surface area contributed by atoms with E-state index >= 15 is 0 Å². The Morgan fingerprint density at radius 1 is 1.08 bits per heavy atom. The Hall–Kier alpha value is -5.61. The van der Waals surface area contributed by atoms with Gasteiger partial charge >= 0.3 is 6.18 Å². The summed E-state index contributed by atoms with van der Waals surface area (Å²) in [6.07, 6.45) is -1.83. The summed E-state index contributed by atoms with van der Waals surface area (Å²) in [6.45, 7) is 2.33. The van der Waals surface area contributed by atoms with Crippen molar-refractivity contribution in [2.24, 2.45) is 5.41 Å². The van der Waals surface area contributed by atoms with Crippen LogP contribution in [0.3, 0.4) is 0 Å². The summed E-state index contributed by atoms with van der Waals surface area (Å²) in [5.41, 5.74) is -1.31. The molecule has 1 aliphatic heterocycles. The van der Waals surface area contributed by atoms with Crippen molar-refractivity contribution in [1.29, 1.82) is 0 Å². The number of nitrogens with zero attached hydrogens (tertiary/aromatic N) is 6. The number of pyridine rings is 2. The molecule has 3 aliphatic carbocycles. The van der Waals surface area contributed by atoms with E-state index in [-0.39, 0.29) is 97.6 Å². The smallest absolute Gasteiger partial charge is 0.394 e. The van der Waals surface area contributed by atoms with Crippen LogP contribution in [0.1, 0.15) is 42.2 Å². The summed E-state index contributed by atoms with van der Waals surface area (Å²) in [6, 6.07) is 6.14. The highest BCUT2D eigenvalue weighted by molar-refractivity contribution is 6.06. The number of aromatic nitrogens is 4. The summed E-state index contributed by atoms with van der Waals surface area (Å²) in [4.78, 5) is 57.5.